The summed E-state index contributed by atoms with van der Waals surface area (Å²) < 4.78 is 4.86. The van der Waals surface area contributed by atoms with Crippen molar-refractivity contribution in [3.8, 4) is 0 Å². The lowest BCUT2D eigenvalue weighted by Gasteiger charge is -2.32. The SMILES string of the molecule is COC(=O)[C@H]1CCN(C(=O)c2cscn2)c2ccccc21. The van der Waals surface area contributed by atoms with Gasteiger partial charge in [-0.1, -0.05) is 18.2 Å². The summed E-state index contributed by atoms with van der Waals surface area (Å²) in [7, 11) is 1.39. The molecule has 21 heavy (non-hydrogen) atoms. The molecule has 0 fully saturated rings. The number of carbonyl (C=O) groups excluding carboxylic acids is 2. The van der Waals surface area contributed by atoms with E-state index in [2.05, 4.69) is 4.98 Å². The highest BCUT2D eigenvalue weighted by Gasteiger charge is 2.33. The highest BCUT2D eigenvalue weighted by Crippen LogP contribution is 2.36. The molecule has 0 spiro atoms. The molecule has 1 atom stereocenters. The lowest BCUT2D eigenvalue weighted by molar-refractivity contribution is -0.142. The average Bonchev–Trinajstić information content (AvgIpc) is 3.07. The van der Waals surface area contributed by atoms with E-state index < -0.39 is 0 Å². The number of anilines is 1. The molecule has 1 aliphatic heterocycles. The van der Waals surface area contributed by atoms with Crippen LogP contribution in [0.25, 0.3) is 0 Å². The van der Waals surface area contributed by atoms with Gasteiger partial charge in [-0.15, -0.1) is 11.3 Å². The van der Waals surface area contributed by atoms with Crippen molar-refractivity contribution in [2.75, 3.05) is 18.6 Å². The summed E-state index contributed by atoms with van der Waals surface area (Å²) in [5.74, 6) is -0.707. The number of para-hydroxylation sites is 1. The summed E-state index contributed by atoms with van der Waals surface area (Å²) in [6.07, 6.45) is 0.555. The summed E-state index contributed by atoms with van der Waals surface area (Å²) >= 11 is 1.39. The highest BCUT2D eigenvalue weighted by molar-refractivity contribution is 7.07. The topological polar surface area (TPSA) is 59.5 Å². The largest absolute Gasteiger partial charge is 0.469 e. The van der Waals surface area contributed by atoms with Gasteiger partial charge in [-0.3, -0.25) is 9.59 Å². The Bertz CT molecular complexity index is 669. The Morgan fingerprint density at radius 2 is 2.19 bits per heavy atom. The number of methoxy groups -OCH3 is 1. The van der Waals surface area contributed by atoms with Gasteiger partial charge < -0.3 is 9.64 Å². The van der Waals surface area contributed by atoms with Gasteiger partial charge in [0.1, 0.15) is 5.69 Å². The van der Waals surface area contributed by atoms with Gasteiger partial charge in [-0.2, -0.15) is 0 Å². The maximum Gasteiger partial charge on any atom is 0.313 e. The monoisotopic (exact) mass is 302 g/mol. The van der Waals surface area contributed by atoms with Crippen molar-refractivity contribution in [2.24, 2.45) is 0 Å². The van der Waals surface area contributed by atoms with Crippen LogP contribution in [0.4, 0.5) is 5.69 Å². The molecule has 0 aliphatic carbocycles. The van der Waals surface area contributed by atoms with Crippen LogP contribution in [0.2, 0.25) is 0 Å². The van der Waals surface area contributed by atoms with Crippen molar-refractivity contribution in [1.29, 1.82) is 0 Å². The van der Waals surface area contributed by atoms with Crippen molar-refractivity contribution >= 4 is 28.9 Å². The lowest BCUT2D eigenvalue weighted by atomic mass is 9.90. The van der Waals surface area contributed by atoms with Crippen LogP contribution in [0, 0.1) is 0 Å². The van der Waals surface area contributed by atoms with Crippen molar-refractivity contribution in [2.45, 2.75) is 12.3 Å². The minimum Gasteiger partial charge on any atom is -0.469 e. The van der Waals surface area contributed by atoms with Crippen LogP contribution in [-0.2, 0) is 9.53 Å². The third kappa shape index (κ3) is 2.42. The van der Waals surface area contributed by atoms with Gasteiger partial charge in [0.15, 0.2) is 0 Å². The fraction of sp³-hybridized carbons (Fsp3) is 0.267. The summed E-state index contributed by atoms with van der Waals surface area (Å²) in [6.45, 7) is 0.479. The minimum atomic E-state index is -0.314. The minimum absolute atomic E-state index is 0.132. The van der Waals surface area contributed by atoms with Crippen LogP contribution in [0.1, 0.15) is 28.4 Å². The molecule has 0 N–H and O–H groups in total. The summed E-state index contributed by atoms with van der Waals surface area (Å²) in [4.78, 5) is 30.2. The molecule has 0 radical (unpaired) electrons. The molecule has 0 saturated carbocycles. The van der Waals surface area contributed by atoms with Crippen LogP contribution >= 0.6 is 11.3 Å². The number of esters is 1. The number of hydrogen-bond donors (Lipinski definition) is 0. The number of carbonyl (C=O) groups is 2. The zero-order valence-electron chi connectivity index (χ0n) is 11.5. The second-order valence-electron chi connectivity index (χ2n) is 4.75. The van der Waals surface area contributed by atoms with Crippen molar-refractivity contribution in [3.05, 3.63) is 46.4 Å². The second-order valence-corrected chi connectivity index (χ2v) is 5.47. The van der Waals surface area contributed by atoms with Crippen LogP contribution in [0.15, 0.2) is 35.2 Å². The molecule has 0 unspecified atom stereocenters. The van der Waals surface area contributed by atoms with E-state index in [-0.39, 0.29) is 17.8 Å². The molecule has 0 bridgehead atoms. The Morgan fingerprint density at radius 1 is 1.38 bits per heavy atom. The Labute approximate surface area is 126 Å². The fourth-order valence-electron chi connectivity index (χ4n) is 2.62. The van der Waals surface area contributed by atoms with Crippen molar-refractivity contribution in [1.82, 2.24) is 4.98 Å². The molecule has 6 heteroatoms. The van der Waals surface area contributed by atoms with Crippen molar-refractivity contribution in [3.63, 3.8) is 0 Å². The normalized spacial score (nSPS) is 17.2. The molecule has 0 saturated heterocycles. The average molecular weight is 302 g/mol. The number of benzene rings is 1. The van der Waals surface area contributed by atoms with Crippen molar-refractivity contribution < 1.29 is 14.3 Å². The lowest BCUT2D eigenvalue weighted by Crippen LogP contribution is -2.38. The van der Waals surface area contributed by atoms with E-state index >= 15 is 0 Å². The first-order valence-electron chi connectivity index (χ1n) is 6.59. The number of ether oxygens (including phenoxy) is 1. The highest BCUT2D eigenvalue weighted by atomic mass is 32.1. The molecular formula is C15H14N2O3S. The molecule has 1 amide bonds. The number of thiazole rings is 1. The smallest absolute Gasteiger partial charge is 0.313 e. The van der Waals surface area contributed by atoms with Gasteiger partial charge in [0.05, 0.1) is 18.5 Å². The molecule has 108 valence electrons. The molecular weight excluding hydrogens is 288 g/mol. The number of fused-ring (bicyclic) bond motifs is 1. The summed E-state index contributed by atoms with van der Waals surface area (Å²) in [5, 5.41) is 1.73. The number of amides is 1. The molecule has 1 aliphatic rings. The molecule has 2 aromatic rings. The van der Waals surface area contributed by atoms with Gasteiger partial charge in [-0.25, -0.2) is 4.98 Å². The fourth-order valence-corrected chi connectivity index (χ4v) is 3.14. The van der Waals surface area contributed by atoms with E-state index in [9.17, 15) is 9.59 Å². The first kappa shape index (κ1) is 13.8. The maximum absolute atomic E-state index is 12.5. The number of hydrogen-bond acceptors (Lipinski definition) is 5. The molecule has 5 nitrogen and oxygen atoms in total. The van der Waals surface area contributed by atoms with E-state index in [1.807, 2.05) is 24.3 Å². The van der Waals surface area contributed by atoms with Gasteiger partial charge >= 0.3 is 5.97 Å². The third-order valence-corrected chi connectivity index (χ3v) is 4.21. The molecule has 3 rings (SSSR count). The Kier molecular flexibility index (Phi) is 3.70. The Hall–Kier alpha value is -2.21. The Morgan fingerprint density at radius 3 is 2.90 bits per heavy atom. The standard InChI is InChI=1S/C15H14N2O3S/c1-20-15(19)11-6-7-17(13-5-3-2-4-10(11)13)14(18)12-8-21-9-16-12/h2-5,8-9,11H,6-7H2,1H3/t11-/m0/s1. The van der Waals surface area contributed by atoms with E-state index in [0.717, 1.165) is 11.3 Å². The van der Waals surface area contributed by atoms with E-state index in [1.165, 1.54) is 18.4 Å². The zero-order valence-corrected chi connectivity index (χ0v) is 12.3. The Balaban J connectivity index is 1.98. The number of rotatable bonds is 2. The van der Waals surface area contributed by atoms with Crippen LogP contribution in [0.3, 0.4) is 0 Å². The summed E-state index contributed by atoms with van der Waals surface area (Å²) in [5.41, 5.74) is 3.67. The van der Waals surface area contributed by atoms with Gasteiger partial charge in [-0.05, 0) is 18.1 Å². The van der Waals surface area contributed by atoms with Gasteiger partial charge in [0, 0.05) is 17.6 Å². The van der Waals surface area contributed by atoms with Gasteiger partial charge in [0.25, 0.3) is 5.91 Å². The van der Waals surface area contributed by atoms with Crippen LogP contribution < -0.4 is 4.90 Å². The molecule has 1 aromatic carbocycles. The summed E-state index contributed by atoms with van der Waals surface area (Å²) in [6, 6.07) is 7.46. The van der Waals surface area contributed by atoms with E-state index in [4.69, 9.17) is 4.74 Å². The van der Waals surface area contributed by atoms with Crippen LogP contribution in [0.5, 0.6) is 0 Å². The van der Waals surface area contributed by atoms with Gasteiger partial charge in [0.2, 0.25) is 0 Å². The quantitative estimate of drug-likeness (QED) is 0.800. The number of aromatic nitrogens is 1. The predicted molar refractivity (Wildman–Crippen MR) is 79.6 cm³/mol. The first-order chi connectivity index (χ1) is 10.2. The predicted octanol–water partition coefficient (Wildman–Crippen LogP) is 2.45. The van der Waals surface area contributed by atoms with E-state index in [1.54, 1.807) is 15.8 Å². The maximum atomic E-state index is 12.5. The van der Waals surface area contributed by atoms with Crippen LogP contribution in [-0.4, -0.2) is 30.5 Å². The first-order valence-corrected chi connectivity index (χ1v) is 7.53. The molecule has 2 heterocycles. The van der Waals surface area contributed by atoms with E-state index in [0.29, 0.717) is 18.7 Å². The third-order valence-electron chi connectivity index (χ3n) is 3.63. The molecule has 1 aromatic heterocycles. The number of nitrogens with zero attached hydrogens (tertiary/aromatic N) is 2. The zero-order chi connectivity index (χ0) is 14.8. The second kappa shape index (κ2) is 5.65.